The zero-order valence-electron chi connectivity index (χ0n) is 14.0. The molecule has 0 aliphatic rings. The van der Waals surface area contributed by atoms with E-state index in [1.165, 1.54) is 22.7 Å². The molecule has 0 saturated heterocycles. The molecule has 2 N–H and O–H groups in total. The third-order valence-electron chi connectivity index (χ3n) is 3.28. The van der Waals surface area contributed by atoms with Crippen molar-refractivity contribution in [1.29, 1.82) is 0 Å². The van der Waals surface area contributed by atoms with E-state index in [-0.39, 0.29) is 12.5 Å². The van der Waals surface area contributed by atoms with Gasteiger partial charge in [0.15, 0.2) is 11.7 Å². The molecule has 2 heterocycles. The number of anilines is 2. The molecule has 0 spiro atoms. The van der Waals surface area contributed by atoms with Crippen LogP contribution >= 0.6 is 22.7 Å². The largest absolute Gasteiger partial charge is 0.451 e. The molecule has 3 aromatic rings. The molecule has 0 unspecified atom stereocenters. The number of carbonyl (C=O) groups excluding carboxylic acids is 2. The van der Waals surface area contributed by atoms with Crippen molar-refractivity contribution in [2.24, 2.45) is 0 Å². The van der Waals surface area contributed by atoms with Crippen molar-refractivity contribution in [2.45, 2.75) is 0 Å². The Hall–Kier alpha value is -2.49. The number of rotatable bonds is 8. The molecule has 26 heavy (non-hydrogen) atoms. The van der Waals surface area contributed by atoms with Gasteiger partial charge >= 0.3 is 5.97 Å². The molecule has 0 radical (unpaired) electrons. The average Bonchev–Trinajstić information content (AvgIpc) is 3.19. The summed E-state index contributed by atoms with van der Waals surface area (Å²) in [6.07, 6.45) is 0. The maximum absolute atomic E-state index is 12.1. The van der Waals surface area contributed by atoms with Crippen molar-refractivity contribution in [3.63, 3.8) is 0 Å². The lowest BCUT2D eigenvalue weighted by Gasteiger charge is -2.04. The molecule has 3 rings (SSSR count). The quantitative estimate of drug-likeness (QED) is 0.453. The SMILES string of the molecule is COCCNC(=O)COC(=O)c1cc2sc(Nc3ccccc3)nc2s1. The minimum Gasteiger partial charge on any atom is -0.451 e. The van der Waals surface area contributed by atoms with Gasteiger partial charge in [-0.3, -0.25) is 4.79 Å². The normalized spacial score (nSPS) is 10.7. The van der Waals surface area contributed by atoms with Gasteiger partial charge in [-0.2, -0.15) is 0 Å². The van der Waals surface area contributed by atoms with Crippen LogP contribution in [0.3, 0.4) is 0 Å². The van der Waals surface area contributed by atoms with Crippen LogP contribution in [-0.4, -0.2) is 43.7 Å². The number of esters is 1. The zero-order chi connectivity index (χ0) is 18.4. The van der Waals surface area contributed by atoms with Gasteiger partial charge in [0.1, 0.15) is 9.71 Å². The lowest BCUT2D eigenvalue weighted by atomic mass is 10.3. The zero-order valence-corrected chi connectivity index (χ0v) is 15.6. The first kappa shape index (κ1) is 18.3. The fourth-order valence-electron chi connectivity index (χ4n) is 2.08. The Kier molecular flexibility index (Phi) is 6.16. The van der Waals surface area contributed by atoms with Gasteiger partial charge in [-0.25, -0.2) is 9.78 Å². The van der Waals surface area contributed by atoms with E-state index in [0.717, 1.165) is 20.3 Å². The number of amides is 1. The van der Waals surface area contributed by atoms with Crippen LogP contribution in [0.15, 0.2) is 36.4 Å². The summed E-state index contributed by atoms with van der Waals surface area (Å²) in [7, 11) is 1.55. The van der Waals surface area contributed by atoms with Crippen LogP contribution in [-0.2, 0) is 14.3 Å². The number of aromatic nitrogens is 1. The first-order valence-corrected chi connectivity index (χ1v) is 9.44. The number of nitrogens with zero attached hydrogens (tertiary/aromatic N) is 1. The second-order valence-corrected chi connectivity index (χ2v) is 7.27. The monoisotopic (exact) mass is 391 g/mol. The van der Waals surface area contributed by atoms with Gasteiger partial charge in [0, 0.05) is 19.3 Å². The van der Waals surface area contributed by atoms with E-state index >= 15 is 0 Å². The van der Waals surface area contributed by atoms with E-state index < -0.39 is 5.97 Å². The van der Waals surface area contributed by atoms with E-state index in [0.29, 0.717) is 18.0 Å². The van der Waals surface area contributed by atoms with Crippen molar-refractivity contribution in [1.82, 2.24) is 10.3 Å². The summed E-state index contributed by atoms with van der Waals surface area (Å²) in [6.45, 7) is 0.469. The van der Waals surface area contributed by atoms with Gasteiger partial charge in [-0.05, 0) is 18.2 Å². The fraction of sp³-hybridized carbons (Fsp3) is 0.235. The summed E-state index contributed by atoms with van der Waals surface area (Å²) >= 11 is 2.70. The molecule has 0 fully saturated rings. The number of thiophene rings is 1. The molecule has 1 aromatic carbocycles. The van der Waals surface area contributed by atoms with Crippen LogP contribution in [0.5, 0.6) is 0 Å². The number of benzene rings is 1. The summed E-state index contributed by atoms with van der Waals surface area (Å²) in [4.78, 5) is 29.3. The Morgan fingerprint density at radius 3 is 2.73 bits per heavy atom. The van der Waals surface area contributed by atoms with Crippen LogP contribution < -0.4 is 10.6 Å². The molecule has 0 saturated carbocycles. The summed E-state index contributed by atoms with van der Waals surface area (Å²) in [5.74, 6) is -0.888. The standard InChI is InChI=1S/C17H17N3O4S2/c1-23-8-7-18-14(21)10-24-16(22)13-9-12-15(25-13)20-17(26-12)19-11-5-3-2-4-6-11/h2-6,9H,7-8,10H2,1H3,(H,18,21)(H,19,20). The Labute approximate surface area is 158 Å². The Bertz CT molecular complexity index is 860. The van der Waals surface area contributed by atoms with Gasteiger partial charge in [-0.1, -0.05) is 29.5 Å². The van der Waals surface area contributed by atoms with Crippen molar-refractivity contribution >= 4 is 54.9 Å². The number of carbonyl (C=O) groups is 2. The van der Waals surface area contributed by atoms with Gasteiger partial charge in [0.2, 0.25) is 0 Å². The van der Waals surface area contributed by atoms with Gasteiger partial charge in [-0.15, -0.1) is 11.3 Å². The lowest BCUT2D eigenvalue weighted by Crippen LogP contribution is -2.31. The fourth-order valence-corrected chi connectivity index (χ4v) is 4.11. The van der Waals surface area contributed by atoms with Crippen molar-refractivity contribution < 1.29 is 19.1 Å². The molecule has 2 aromatic heterocycles. The van der Waals surface area contributed by atoms with E-state index in [4.69, 9.17) is 9.47 Å². The molecular formula is C17H17N3O4S2. The highest BCUT2D eigenvalue weighted by Gasteiger charge is 2.16. The van der Waals surface area contributed by atoms with E-state index in [1.807, 2.05) is 30.3 Å². The molecule has 0 aliphatic heterocycles. The predicted octanol–water partition coefficient (Wildman–Crippen LogP) is 3.02. The van der Waals surface area contributed by atoms with Crippen LogP contribution in [0.2, 0.25) is 0 Å². The molecule has 9 heteroatoms. The Balaban J connectivity index is 1.56. The number of hydrogen-bond acceptors (Lipinski definition) is 8. The van der Waals surface area contributed by atoms with Gasteiger partial charge in [0.25, 0.3) is 5.91 Å². The minimum absolute atomic E-state index is 0.317. The summed E-state index contributed by atoms with van der Waals surface area (Å²) in [6, 6.07) is 11.5. The maximum Gasteiger partial charge on any atom is 0.348 e. The summed E-state index contributed by atoms with van der Waals surface area (Å²) < 4.78 is 10.7. The Morgan fingerprint density at radius 2 is 2.00 bits per heavy atom. The topological polar surface area (TPSA) is 89.5 Å². The average molecular weight is 391 g/mol. The second kappa shape index (κ2) is 8.75. The smallest absolute Gasteiger partial charge is 0.348 e. The highest BCUT2D eigenvalue weighted by molar-refractivity contribution is 7.29. The predicted molar refractivity (Wildman–Crippen MR) is 102 cm³/mol. The molecule has 0 bridgehead atoms. The van der Waals surface area contributed by atoms with Crippen LogP contribution in [0, 0.1) is 0 Å². The minimum atomic E-state index is -0.528. The first-order valence-electron chi connectivity index (χ1n) is 7.81. The van der Waals surface area contributed by atoms with Crippen LogP contribution in [0.25, 0.3) is 9.53 Å². The summed E-state index contributed by atoms with van der Waals surface area (Å²) in [5.41, 5.74) is 0.952. The molecular weight excluding hydrogens is 374 g/mol. The maximum atomic E-state index is 12.1. The summed E-state index contributed by atoms with van der Waals surface area (Å²) in [5, 5.41) is 6.57. The number of para-hydroxylation sites is 1. The van der Waals surface area contributed by atoms with E-state index in [1.54, 1.807) is 13.2 Å². The number of fused-ring (bicyclic) bond motifs is 1. The number of thiazole rings is 1. The first-order chi connectivity index (χ1) is 12.7. The lowest BCUT2D eigenvalue weighted by molar-refractivity contribution is -0.124. The van der Waals surface area contributed by atoms with Crippen molar-refractivity contribution in [3.8, 4) is 0 Å². The van der Waals surface area contributed by atoms with Crippen molar-refractivity contribution in [2.75, 3.05) is 32.2 Å². The number of ether oxygens (including phenoxy) is 2. The number of methoxy groups -OCH3 is 1. The van der Waals surface area contributed by atoms with E-state index in [2.05, 4.69) is 15.6 Å². The molecule has 136 valence electrons. The molecule has 7 nitrogen and oxygen atoms in total. The number of nitrogens with one attached hydrogen (secondary N) is 2. The number of hydrogen-bond donors (Lipinski definition) is 2. The third kappa shape index (κ3) is 4.78. The van der Waals surface area contributed by atoms with Gasteiger partial charge < -0.3 is 20.1 Å². The second-order valence-electron chi connectivity index (χ2n) is 5.21. The molecule has 1 amide bonds. The van der Waals surface area contributed by atoms with Gasteiger partial charge in [0.05, 0.1) is 11.3 Å². The van der Waals surface area contributed by atoms with Crippen LogP contribution in [0.4, 0.5) is 10.8 Å². The highest BCUT2D eigenvalue weighted by Crippen LogP contribution is 2.34. The van der Waals surface area contributed by atoms with Crippen molar-refractivity contribution in [3.05, 3.63) is 41.3 Å². The Morgan fingerprint density at radius 1 is 1.19 bits per heavy atom. The van der Waals surface area contributed by atoms with E-state index in [9.17, 15) is 9.59 Å². The molecule has 0 atom stereocenters. The molecule has 0 aliphatic carbocycles. The van der Waals surface area contributed by atoms with Crippen LogP contribution in [0.1, 0.15) is 9.67 Å². The highest BCUT2D eigenvalue weighted by atomic mass is 32.1. The third-order valence-corrected chi connectivity index (χ3v) is 5.33.